The van der Waals surface area contributed by atoms with Crippen LogP contribution in [0, 0.1) is 23.6 Å². The minimum Gasteiger partial charge on any atom is -0.505 e. The zero-order chi connectivity index (χ0) is 27.4. The van der Waals surface area contributed by atoms with Crippen LogP contribution < -0.4 is 0 Å². The standard InChI is InChI=1S/C31H36FNO5/c1-3-14-33-30(37)23-17-20(4-2)28(24(18-34)29(23)31(33)38)27(36)13-11-22(21-8-6-5-7-9-21)15-19-10-12-26(35)25(32)16-19/h5-10,12,15-16,23-24,27,29,34-36H,3-4,11,13-14,17-18H2,1-2H3/b22-15-/t23-,24+,27-,29-/m1/s1. The molecule has 2 amide bonds. The first kappa shape index (κ1) is 27.7. The van der Waals surface area contributed by atoms with E-state index < -0.39 is 35.4 Å². The van der Waals surface area contributed by atoms with Gasteiger partial charge in [-0.05, 0) is 66.5 Å². The highest BCUT2D eigenvalue weighted by Gasteiger charge is 2.54. The van der Waals surface area contributed by atoms with Gasteiger partial charge < -0.3 is 15.3 Å². The molecule has 0 radical (unpaired) electrons. The molecule has 1 aliphatic carbocycles. The van der Waals surface area contributed by atoms with Crippen LogP contribution in [0.1, 0.15) is 57.1 Å². The molecule has 2 aromatic rings. The van der Waals surface area contributed by atoms with Gasteiger partial charge in [-0.1, -0.05) is 61.9 Å². The Morgan fingerprint density at radius 2 is 1.87 bits per heavy atom. The number of aliphatic hydroxyl groups is 2. The van der Waals surface area contributed by atoms with Crippen molar-refractivity contribution in [1.82, 2.24) is 4.90 Å². The number of fused-ring (bicyclic) bond motifs is 1. The highest BCUT2D eigenvalue weighted by atomic mass is 19.1. The molecule has 0 spiro atoms. The highest BCUT2D eigenvalue weighted by molar-refractivity contribution is 6.05. The van der Waals surface area contributed by atoms with Crippen LogP contribution in [-0.4, -0.2) is 51.3 Å². The maximum atomic E-state index is 14.0. The number of aliphatic hydroxyl groups excluding tert-OH is 2. The number of rotatable bonds is 10. The summed E-state index contributed by atoms with van der Waals surface area (Å²) in [5.41, 5.74) is 4.00. The molecule has 4 rings (SSSR count). The molecule has 38 heavy (non-hydrogen) atoms. The van der Waals surface area contributed by atoms with Gasteiger partial charge in [-0.25, -0.2) is 4.39 Å². The van der Waals surface area contributed by atoms with Crippen molar-refractivity contribution in [3.63, 3.8) is 0 Å². The first-order valence-corrected chi connectivity index (χ1v) is 13.4. The number of phenols is 1. The van der Waals surface area contributed by atoms with Gasteiger partial charge in [0.05, 0.1) is 24.5 Å². The Labute approximate surface area is 223 Å². The van der Waals surface area contributed by atoms with E-state index >= 15 is 0 Å². The Kier molecular flexibility index (Phi) is 8.80. The summed E-state index contributed by atoms with van der Waals surface area (Å²) in [4.78, 5) is 27.6. The molecule has 0 bridgehead atoms. The predicted octanol–water partition coefficient (Wildman–Crippen LogP) is 4.94. The Morgan fingerprint density at radius 1 is 1.13 bits per heavy atom. The highest BCUT2D eigenvalue weighted by Crippen LogP contribution is 2.47. The number of benzene rings is 2. The second-order valence-electron chi connectivity index (χ2n) is 10.2. The van der Waals surface area contributed by atoms with Gasteiger partial charge in [0.2, 0.25) is 11.8 Å². The fourth-order valence-corrected chi connectivity index (χ4v) is 6.02. The lowest BCUT2D eigenvalue weighted by atomic mass is 9.67. The van der Waals surface area contributed by atoms with Gasteiger partial charge in [0.15, 0.2) is 11.6 Å². The third kappa shape index (κ3) is 5.45. The van der Waals surface area contributed by atoms with Crippen LogP contribution in [-0.2, 0) is 9.59 Å². The summed E-state index contributed by atoms with van der Waals surface area (Å²) in [5, 5.41) is 31.4. The molecule has 1 aliphatic heterocycles. The average Bonchev–Trinajstić information content (AvgIpc) is 3.16. The van der Waals surface area contributed by atoms with Gasteiger partial charge in [-0.3, -0.25) is 14.5 Å². The molecule has 3 N–H and O–H groups in total. The van der Waals surface area contributed by atoms with Crippen molar-refractivity contribution in [2.75, 3.05) is 13.2 Å². The van der Waals surface area contributed by atoms with Crippen LogP contribution in [0.2, 0.25) is 0 Å². The quantitative estimate of drug-likeness (QED) is 0.234. The van der Waals surface area contributed by atoms with E-state index in [-0.39, 0.29) is 18.4 Å². The van der Waals surface area contributed by atoms with Crippen LogP contribution in [0.3, 0.4) is 0 Å². The Hall–Kier alpha value is -3.29. The van der Waals surface area contributed by atoms with E-state index in [4.69, 9.17) is 0 Å². The summed E-state index contributed by atoms with van der Waals surface area (Å²) in [7, 11) is 0. The molecule has 2 aliphatic rings. The lowest BCUT2D eigenvalue weighted by Gasteiger charge is -2.36. The van der Waals surface area contributed by atoms with Crippen molar-refractivity contribution < 1.29 is 29.3 Å². The van der Waals surface area contributed by atoms with Crippen LogP contribution in [0.15, 0.2) is 59.7 Å². The Balaban J connectivity index is 1.62. The molecule has 202 valence electrons. The Bertz CT molecular complexity index is 1240. The molecule has 2 aromatic carbocycles. The number of halogens is 1. The molecule has 0 aromatic heterocycles. The van der Waals surface area contributed by atoms with Crippen molar-refractivity contribution in [2.45, 2.75) is 52.1 Å². The summed E-state index contributed by atoms with van der Waals surface area (Å²) < 4.78 is 14.0. The fourth-order valence-electron chi connectivity index (χ4n) is 6.02. The van der Waals surface area contributed by atoms with E-state index in [9.17, 15) is 29.3 Å². The summed E-state index contributed by atoms with van der Waals surface area (Å²) in [6, 6.07) is 13.8. The minimum atomic E-state index is -0.908. The smallest absolute Gasteiger partial charge is 0.233 e. The monoisotopic (exact) mass is 521 g/mol. The van der Waals surface area contributed by atoms with Gasteiger partial charge in [-0.15, -0.1) is 0 Å². The molecule has 1 fully saturated rings. The molecule has 0 unspecified atom stereocenters. The lowest BCUT2D eigenvalue weighted by Crippen LogP contribution is -2.39. The van der Waals surface area contributed by atoms with Crippen molar-refractivity contribution in [3.05, 3.63) is 76.6 Å². The molecule has 1 saturated heterocycles. The van der Waals surface area contributed by atoms with Gasteiger partial charge >= 0.3 is 0 Å². The maximum Gasteiger partial charge on any atom is 0.233 e. The Morgan fingerprint density at radius 3 is 2.50 bits per heavy atom. The summed E-state index contributed by atoms with van der Waals surface area (Å²) in [6.07, 6.45) is 3.42. The van der Waals surface area contributed by atoms with Crippen LogP contribution in [0.4, 0.5) is 4.39 Å². The number of nitrogens with zero attached hydrogens (tertiary/aromatic N) is 1. The summed E-state index contributed by atoms with van der Waals surface area (Å²) >= 11 is 0. The number of likely N-dealkylation sites (tertiary alicyclic amines) is 1. The zero-order valence-corrected chi connectivity index (χ0v) is 21.9. The maximum absolute atomic E-state index is 14.0. The van der Waals surface area contributed by atoms with Crippen LogP contribution in [0.5, 0.6) is 5.75 Å². The number of hydrogen-bond acceptors (Lipinski definition) is 5. The number of phenolic OH excluding ortho intramolecular Hbond substituents is 1. The van der Waals surface area contributed by atoms with Crippen LogP contribution >= 0.6 is 0 Å². The number of amides is 2. The second kappa shape index (κ2) is 12.0. The SMILES string of the molecule is CCCN1C(=O)[C@@H]2[C@@H](CC(CC)=C([C@H](O)CC/C(=C/c3ccc(O)c(F)c3)c3ccccc3)[C@@H]2CO)C1=O. The average molecular weight is 522 g/mol. The van der Waals surface area contributed by atoms with Gasteiger partial charge in [-0.2, -0.15) is 0 Å². The molecule has 4 atom stereocenters. The number of allylic oxidation sites excluding steroid dienone is 2. The third-order valence-electron chi connectivity index (χ3n) is 7.85. The zero-order valence-electron chi connectivity index (χ0n) is 21.9. The van der Waals surface area contributed by atoms with E-state index in [1.54, 1.807) is 6.07 Å². The first-order chi connectivity index (χ1) is 18.3. The second-order valence-corrected chi connectivity index (χ2v) is 10.2. The number of hydrogen-bond donors (Lipinski definition) is 3. The van der Waals surface area contributed by atoms with E-state index in [0.29, 0.717) is 49.8 Å². The van der Waals surface area contributed by atoms with Crippen molar-refractivity contribution in [1.29, 1.82) is 0 Å². The minimum absolute atomic E-state index is 0.171. The molecular weight excluding hydrogens is 485 g/mol. The number of carbonyl (C=O) groups excluding carboxylic acids is 2. The normalized spacial score (nSPS) is 22.7. The summed E-state index contributed by atoms with van der Waals surface area (Å²) in [6.45, 7) is 3.94. The lowest BCUT2D eigenvalue weighted by molar-refractivity contribution is -0.140. The van der Waals surface area contributed by atoms with Gasteiger partial charge in [0.1, 0.15) is 0 Å². The topological polar surface area (TPSA) is 98.1 Å². The first-order valence-electron chi connectivity index (χ1n) is 13.4. The predicted molar refractivity (Wildman–Crippen MR) is 144 cm³/mol. The molecular formula is C31H36FNO5. The van der Waals surface area contributed by atoms with Gasteiger partial charge in [0, 0.05) is 12.5 Å². The number of carbonyl (C=O) groups is 2. The van der Waals surface area contributed by atoms with E-state index in [0.717, 1.165) is 16.7 Å². The van der Waals surface area contributed by atoms with E-state index in [1.807, 2.05) is 50.3 Å². The number of aromatic hydroxyl groups is 1. The van der Waals surface area contributed by atoms with E-state index in [1.165, 1.54) is 17.0 Å². The van der Waals surface area contributed by atoms with Crippen molar-refractivity contribution >= 4 is 23.5 Å². The molecule has 0 saturated carbocycles. The summed E-state index contributed by atoms with van der Waals surface area (Å²) in [5.74, 6) is -3.28. The van der Waals surface area contributed by atoms with Crippen LogP contribution in [0.25, 0.3) is 11.6 Å². The fraction of sp³-hybridized carbons (Fsp3) is 0.419. The van der Waals surface area contributed by atoms with Crippen molar-refractivity contribution in [3.8, 4) is 5.75 Å². The molecule has 7 heteroatoms. The molecule has 6 nitrogen and oxygen atoms in total. The van der Waals surface area contributed by atoms with Gasteiger partial charge in [0.25, 0.3) is 0 Å². The number of imide groups is 1. The van der Waals surface area contributed by atoms with E-state index in [2.05, 4.69) is 0 Å². The van der Waals surface area contributed by atoms with Crippen molar-refractivity contribution in [2.24, 2.45) is 17.8 Å². The largest absolute Gasteiger partial charge is 0.505 e. The third-order valence-corrected chi connectivity index (χ3v) is 7.85. The molecule has 1 heterocycles.